The molecule has 1 amide bonds. The monoisotopic (exact) mass is 407 g/mol. The molecule has 1 heterocycles. The first kappa shape index (κ1) is 21.1. The number of benzene rings is 2. The van der Waals surface area contributed by atoms with Crippen LogP contribution in [-0.2, 0) is 4.79 Å². The van der Waals surface area contributed by atoms with Gasteiger partial charge in [-0.3, -0.25) is 10.1 Å². The van der Waals surface area contributed by atoms with Gasteiger partial charge in [-0.15, -0.1) is 0 Å². The van der Waals surface area contributed by atoms with Gasteiger partial charge in [0.05, 0.1) is 11.4 Å². The second kappa shape index (κ2) is 10.2. The molecule has 3 rings (SSSR count). The third-order valence-corrected chi connectivity index (χ3v) is 5.32. The number of nitrogens with zero attached hydrogens (tertiary/aromatic N) is 1. The number of thiocarbonyl (C=S) groups is 1. The summed E-state index contributed by atoms with van der Waals surface area (Å²) in [6.45, 7) is 6.43. The first-order chi connectivity index (χ1) is 14.0. The number of nitrogens with one attached hydrogen (secondary N) is 2. The van der Waals surface area contributed by atoms with E-state index < -0.39 is 0 Å². The molecular weight excluding hydrogens is 378 g/mol. The van der Waals surface area contributed by atoms with E-state index in [4.69, 9.17) is 12.2 Å². The largest absolute Gasteiger partial charge is 0.370 e. The standard InChI is InChI=1S/C24H29N3OS/c1-18(2)20-13-10-19(11-14-20)12-15-23(28)26-24(29)25-21-8-4-5-9-22(21)27-16-6-3-7-17-27/h4-5,8-15,18H,3,6-7,16-17H2,1-2H3,(H2,25,26,28,29). The molecule has 0 aliphatic carbocycles. The molecule has 0 bridgehead atoms. The molecule has 0 spiro atoms. The molecule has 5 heteroatoms. The minimum absolute atomic E-state index is 0.245. The molecule has 4 nitrogen and oxygen atoms in total. The van der Waals surface area contributed by atoms with Gasteiger partial charge in [0.25, 0.3) is 0 Å². The normalized spacial score (nSPS) is 14.2. The van der Waals surface area contributed by atoms with Crippen molar-refractivity contribution < 1.29 is 4.79 Å². The van der Waals surface area contributed by atoms with Crippen molar-refractivity contribution in [2.24, 2.45) is 0 Å². The van der Waals surface area contributed by atoms with E-state index in [1.54, 1.807) is 6.08 Å². The molecule has 0 saturated carbocycles. The van der Waals surface area contributed by atoms with Crippen molar-refractivity contribution in [1.82, 2.24) is 5.32 Å². The first-order valence-corrected chi connectivity index (χ1v) is 10.7. The Kier molecular flexibility index (Phi) is 7.42. The van der Waals surface area contributed by atoms with Gasteiger partial charge in [-0.25, -0.2) is 0 Å². The van der Waals surface area contributed by atoms with Crippen molar-refractivity contribution >= 4 is 40.7 Å². The summed E-state index contributed by atoms with van der Waals surface area (Å²) in [5.41, 5.74) is 4.32. The first-order valence-electron chi connectivity index (χ1n) is 10.3. The predicted octanol–water partition coefficient (Wildman–Crippen LogP) is 5.33. The zero-order valence-corrected chi connectivity index (χ0v) is 18.0. The average Bonchev–Trinajstić information content (AvgIpc) is 2.73. The molecule has 29 heavy (non-hydrogen) atoms. The van der Waals surface area contributed by atoms with Gasteiger partial charge in [-0.1, -0.05) is 50.2 Å². The van der Waals surface area contributed by atoms with Gasteiger partial charge in [-0.2, -0.15) is 0 Å². The average molecular weight is 408 g/mol. The van der Waals surface area contributed by atoms with E-state index in [2.05, 4.69) is 47.6 Å². The Labute approximate surface area is 179 Å². The summed E-state index contributed by atoms with van der Waals surface area (Å²) in [6.07, 6.45) is 7.00. The van der Waals surface area contributed by atoms with E-state index in [9.17, 15) is 4.79 Å². The lowest BCUT2D eigenvalue weighted by molar-refractivity contribution is -0.115. The Morgan fingerprint density at radius 1 is 1.03 bits per heavy atom. The van der Waals surface area contributed by atoms with Crippen molar-refractivity contribution in [3.05, 3.63) is 65.7 Å². The molecule has 2 aromatic carbocycles. The summed E-state index contributed by atoms with van der Waals surface area (Å²) in [6, 6.07) is 16.3. The van der Waals surface area contributed by atoms with Crippen LogP contribution < -0.4 is 15.5 Å². The topological polar surface area (TPSA) is 44.4 Å². The Morgan fingerprint density at radius 3 is 2.41 bits per heavy atom. The highest BCUT2D eigenvalue weighted by atomic mass is 32.1. The molecule has 1 fully saturated rings. The van der Waals surface area contributed by atoms with Gasteiger partial charge < -0.3 is 10.2 Å². The maximum atomic E-state index is 12.2. The highest BCUT2D eigenvalue weighted by molar-refractivity contribution is 7.80. The highest BCUT2D eigenvalue weighted by Gasteiger charge is 2.14. The molecule has 1 saturated heterocycles. The third kappa shape index (κ3) is 6.16. The van der Waals surface area contributed by atoms with Crippen molar-refractivity contribution in [1.29, 1.82) is 0 Å². The van der Waals surface area contributed by atoms with Crippen LogP contribution in [0.1, 0.15) is 50.2 Å². The van der Waals surface area contributed by atoms with Crippen LogP contribution in [0.15, 0.2) is 54.6 Å². The number of hydrogen-bond donors (Lipinski definition) is 2. The van der Waals surface area contributed by atoms with Gasteiger partial charge in [0.2, 0.25) is 5.91 Å². The van der Waals surface area contributed by atoms with Crippen molar-refractivity contribution in [2.75, 3.05) is 23.3 Å². The van der Waals surface area contributed by atoms with E-state index in [1.807, 2.05) is 30.3 Å². The molecule has 0 unspecified atom stereocenters. The second-order valence-corrected chi connectivity index (χ2v) is 8.07. The molecule has 1 aliphatic heterocycles. The number of carbonyl (C=O) groups is 1. The van der Waals surface area contributed by atoms with Crippen molar-refractivity contribution in [3.63, 3.8) is 0 Å². The van der Waals surface area contributed by atoms with Gasteiger partial charge in [0, 0.05) is 19.2 Å². The quantitative estimate of drug-likeness (QED) is 0.520. The number of amides is 1. The Bertz CT molecular complexity index is 868. The maximum Gasteiger partial charge on any atom is 0.250 e. The van der Waals surface area contributed by atoms with Crippen LogP contribution in [0.5, 0.6) is 0 Å². The van der Waals surface area contributed by atoms with E-state index in [0.29, 0.717) is 11.0 Å². The summed E-state index contributed by atoms with van der Waals surface area (Å²) in [5.74, 6) is 0.249. The molecule has 0 aromatic heterocycles. The molecule has 2 N–H and O–H groups in total. The van der Waals surface area contributed by atoms with Crippen LogP contribution >= 0.6 is 12.2 Å². The summed E-state index contributed by atoms with van der Waals surface area (Å²) >= 11 is 5.35. The Morgan fingerprint density at radius 2 is 1.72 bits per heavy atom. The lowest BCUT2D eigenvalue weighted by Gasteiger charge is -2.30. The van der Waals surface area contributed by atoms with E-state index >= 15 is 0 Å². The fourth-order valence-electron chi connectivity index (χ4n) is 3.46. The Hall–Kier alpha value is -2.66. The van der Waals surface area contributed by atoms with Crippen LogP contribution in [0.2, 0.25) is 0 Å². The Balaban J connectivity index is 1.57. The summed E-state index contributed by atoms with van der Waals surface area (Å²) in [5, 5.41) is 6.22. The fraction of sp³-hybridized carbons (Fsp3) is 0.333. The SMILES string of the molecule is CC(C)c1ccc(C=CC(=O)NC(=S)Nc2ccccc2N2CCCCC2)cc1. The molecule has 1 aliphatic rings. The van der Waals surface area contributed by atoms with Crippen LogP contribution in [0.3, 0.4) is 0 Å². The lowest BCUT2D eigenvalue weighted by atomic mass is 10.0. The zero-order chi connectivity index (χ0) is 20.6. The third-order valence-electron chi connectivity index (χ3n) is 5.12. The summed E-state index contributed by atoms with van der Waals surface area (Å²) < 4.78 is 0. The van der Waals surface area contributed by atoms with E-state index in [1.165, 1.54) is 30.9 Å². The number of anilines is 2. The molecule has 0 atom stereocenters. The van der Waals surface area contributed by atoms with Gasteiger partial charge in [0.15, 0.2) is 5.11 Å². The van der Waals surface area contributed by atoms with E-state index in [-0.39, 0.29) is 5.91 Å². The number of para-hydroxylation sites is 2. The van der Waals surface area contributed by atoms with Crippen molar-refractivity contribution in [2.45, 2.75) is 39.0 Å². The van der Waals surface area contributed by atoms with E-state index in [0.717, 1.165) is 30.0 Å². The smallest absolute Gasteiger partial charge is 0.250 e. The van der Waals surface area contributed by atoms with Gasteiger partial charge >= 0.3 is 0 Å². The maximum absolute atomic E-state index is 12.2. The number of piperidine rings is 1. The second-order valence-electron chi connectivity index (χ2n) is 7.66. The minimum atomic E-state index is -0.245. The molecule has 2 aromatic rings. The van der Waals surface area contributed by atoms with Crippen LogP contribution in [0, 0.1) is 0 Å². The van der Waals surface area contributed by atoms with Crippen LogP contribution in [0.4, 0.5) is 11.4 Å². The fourth-order valence-corrected chi connectivity index (χ4v) is 3.67. The van der Waals surface area contributed by atoms with Gasteiger partial charge in [-0.05, 0) is 66.7 Å². The molecular formula is C24H29N3OS. The highest BCUT2D eigenvalue weighted by Crippen LogP contribution is 2.28. The van der Waals surface area contributed by atoms with Crippen LogP contribution in [-0.4, -0.2) is 24.1 Å². The van der Waals surface area contributed by atoms with Gasteiger partial charge in [0.1, 0.15) is 0 Å². The molecule has 152 valence electrons. The van der Waals surface area contributed by atoms with Crippen LogP contribution in [0.25, 0.3) is 6.08 Å². The van der Waals surface area contributed by atoms with Crippen molar-refractivity contribution in [3.8, 4) is 0 Å². The minimum Gasteiger partial charge on any atom is -0.370 e. The summed E-state index contributed by atoms with van der Waals surface area (Å²) in [4.78, 5) is 14.6. The number of carbonyl (C=O) groups excluding carboxylic acids is 1. The zero-order valence-electron chi connectivity index (χ0n) is 17.2. The lowest BCUT2D eigenvalue weighted by Crippen LogP contribution is -2.34. The predicted molar refractivity (Wildman–Crippen MR) is 126 cm³/mol. The number of hydrogen-bond acceptors (Lipinski definition) is 3. The molecule has 0 radical (unpaired) electrons. The summed E-state index contributed by atoms with van der Waals surface area (Å²) in [7, 11) is 0. The number of rotatable bonds is 5.